The van der Waals surface area contributed by atoms with Crippen LogP contribution in [0.25, 0.3) is 0 Å². The number of thioether (sulfide) groups is 1. The topological polar surface area (TPSA) is 32.3 Å². The van der Waals surface area contributed by atoms with Gasteiger partial charge >= 0.3 is 0 Å². The quantitative estimate of drug-likeness (QED) is 0.748. The Morgan fingerprint density at radius 2 is 2.00 bits per heavy atom. The summed E-state index contributed by atoms with van der Waals surface area (Å²) in [7, 11) is 0. The molecule has 0 saturated heterocycles. The van der Waals surface area contributed by atoms with E-state index in [-0.39, 0.29) is 17.1 Å². The number of hydrogen-bond donors (Lipinski definition) is 2. The third-order valence-electron chi connectivity index (χ3n) is 3.15. The molecule has 0 aliphatic carbocycles. The van der Waals surface area contributed by atoms with Gasteiger partial charge in [-0.1, -0.05) is 26.0 Å². The molecule has 0 aliphatic rings. The van der Waals surface area contributed by atoms with Crippen LogP contribution in [-0.2, 0) is 0 Å². The number of aliphatic hydroxyl groups is 1. The zero-order chi connectivity index (χ0) is 14.4. The van der Waals surface area contributed by atoms with Gasteiger partial charge in [-0.15, -0.1) is 11.8 Å². The molecule has 0 fully saturated rings. The van der Waals surface area contributed by atoms with E-state index in [1.807, 2.05) is 19.9 Å². The standard InChI is InChI=1S/C15H24FNOS/c1-5-9-17-10(2)13-7-6-8-14(16)15(13)19-12(4)11(3)18/h6-8,10-12,17-18H,5,9H2,1-4H3. The van der Waals surface area contributed by atoms with Crippen LogP contribution in [-0.4, -0.2) is 23.0 Å². The first kappa shape index (κ1) is 16.5. The number of hydrogen-bond acceptors (Lipinski definition) is 3. The fourth-order valence-electron chi connectivity index (χ4n) is 1.75. The zero-order valence-electron chi connectivity index (χ0n) is 12.1. The number of rotatable bonds is 7. The molecule has 0 heterocycles. The first-order chi connectivity index (χ1) is 8.97. The van der Waals surface area contributed by atoms with E-state index in [2.05, 4.69) is 12.2 Å². The molecule has 1 aromatic carbocycles. The van der Waals surface area contributed by atoms with Crippen molar-refractivity contribution in [1.82, 2.24) is 5.32 Å². The largest absolute Gasteiger partial charge is 0.392 e. The summed E-state index contributed by atoms with van der Waals surface area (Å²) < 4.78 is 14.0. The van der Waals surface area contributed by atoms with Gasteiger partial charge in [0.15, 0.2) is 0 Å². The molecule has 0 bridgehead atoms. The monoisotopic (exact) mass is 285 g/mol. The molecule has 2 nitrogen and oxygen atoms in total. The highest BCUT2D eigenvalue weighted by Crippen LogP contribution is 2.33. The van der Waals surface area contributed by atoms with Crippen LogP contribution in [0, 0.1) is 5.82 Å². The summed E-state index contributed by atoms with van der Waals surface area (Å²) in [4.78, 5) is 0.645. The molecule has 2 N–H and O–H groups in total. The van der Waals surface area contributed by atoms with Gasteiger partial charge in [0.2, 0.25) is 0 Å². The number of benzene rings is 1. The minimum Gasteiger partial charge on any atom is -0.392 e. The lowest BCUT2D eigenvalue weighted by molar-refractivity contribution is 0.196. The normalized spacial score (nSPS) is 16.1. The predicted octanol–water partition coefficient (Wildman–Crippen LogP) is 3.75. The molecular weight excluding hydrogens is 261 g/mol. The smallest absolute Gasteiger partial charge is 0.137 e. The third kappa shape index (κ3) is 4.79. The molecule has 3 unspecified atom stereocenters. The minimum absolute atomic E-state index is 0.0333. The summed E-state index contributed by atoms with van der Waals surface area (Å²) in [6, 6.07) is 5.28. The van der Waals surface area contributed by atoms with Crippen molar-refractivity contribution in [2.75, 3.05) is 6.54 Å². The van der Waals surface area contributed by atoms with E-state index < -0.39 is 6.10 Å². The lowest BCUT2D eigenvalue weighted by Crippen LogP contribution is -2.21. The van der Waals surface area contributed by atoms with Crippen LogP contribution in [0.1, 0.15) is 45.7 Å². The number of halogens is 1. The Morgan fingerprint density at radius 3 is 2.58 bits per heavy atom. The molecule has 0 aromatic heterocycles. The zero-order valence-corrected chi connectivity index (χ0v) is 12.9. The van der Waals surface area contributed by atoms with Crippen molar-refractivity contribution >= 4 is 11.8 Å². The Bertz CT molecular complexity index is 398. The second-order valence-electron chi connectivity index (χ2n) is 4.90. The van der Waals surface area contributed by atoms with Crippen LogP contribution in [0.15, 0.2) is 23.1 Å². The lowest BCUT2D eigenvalue weighted by Gasteiger charge is -2.21. The average molecular weight is 285 g/mol. The average Bonchev–Trinajstić information content (AvgIpc) is 2.37. The molecular formula is C15H24FNOS. The Hall–Kier alpha value is -0.580. The first-order valence-electron chi connectivity index (χ1n) is 6.83. The van der Waals surface area contributed by atoms with E-state index in [1.165, 1.54) is 17.8 Å². The van der Waals surface area contributed by atoms with Gasteiger partial charge in [-0.2, -0.15) is 0 Å². The van der Waals surface area contributed by atoms with Crippen molar-refractivity contribution in [3.8, 4) is 0 Å². The van der Waals surface area contributed by atoms with Crippen molar-refractivity contribution in [3.05, 3.63) is 29.6 Å². The molecule has 0 aliphatic heterocycles. The highest BCUT2D eigenvalue weighted by Gasteiger charge is 2.19. The van der Waals surface area contributed by atoms with Crippen molar-refractivity contribution < 1.29 is 9.50 Å². The molecule has 0 amide bonds. The van der Waals surface area contributed by atoms with Crippen LogP contribution < -0.4 is 5.32 Å². The highest BCUT2D eigenvalue weighted by atomic mass is 32.2. The van der Waals surface area contributed by atoms with Gasteiger partial charge in [0.25, 0.3) is 0 Å². The maximum Gasteiger partial charge on any atom is 0.137 e. The lowest BCUT2D eigenvalue weighted by atomic mass is 10.1. The summed E-state index contributed by atoms with van der Waals surface area (Å²) in [5, 5.41) is 12.9. The van der Waals surface area contributed by atoms with Gasteiger partial charge in [0.1, 0.15) is 5.82 Å². The van der Waals surface area contributed by atoms with Gasteiger partial charge in [0.05, 0.1) is 6.10 Å². The maximum atomic E-state index is 14.0. The predicted molar refractivity (Wildman–Crippen MR) is 80.1 cm³/mol. The van der Waals surface area contributed by atoms with Crippen LogP contribution >= 0.6 is 11.8 Å². The Balaban J connectivity index is 2.94. The summed E-state index contributed by atoms with van der Waals surface area (Å²) in [5.74, 6) is -0.208. The van der Waals surface area contributed by atoms with E-state index in [1.54, 1.807) is 13.0 Å². The van der Waals surface area contributed by atoms with Crippen LogP contribution in [0.4, 0.5) is 4.39 Å². The van der Waals surface area contributed by atoms with Gasteiger partial charge in [-0.3, -0.25) is 0 Å². The number of aliphatic hydroxyl groups excluding tert-OH is 1. The summed E-state index contributed by atoms with van der Waals surface area (Å²) in [6.45, 7) is 8.71. The van der Waals surface area contributed by atoms with Crippen molar-refractivity contribution in [3.63, 3.8) is 0 Å². The molecule has 3 atom stereocenters. The second-order valence-corrected chi connectivity index (χ2v) is 6.29. The van der Waals surface area contributed by atoms with Crippen LogP contribution in [0.5, 0.6) is 0 Å². The summed E-state index contributed by atoms with van der Waals surface area (Å²) in [5.41, 5.74) is 0.964. The number of nitrogens with one attached hydrogen (secondary N) is 1. The second kappa shape index (κ2) is 7.88. The van der Waals surface area contributed by atoms with Gasteiger partial charge < -0.3 is 10.4 Å². The molecule has 0 saturated carbocycles. The van der Waals surface area contributed by atoms with Gasteiger partial charge in [-0.05, 0) is 38.4 Å². The van der Waals surface area contributed by atoms with E-state index in [4.69, 9.17) is 0 Å². The first-order valence-corrected chi connectivity index (χ1v) is 7.71. The Morgan fingerprint density at radius 1 is 1.32 bits per heavy atom. The van der Waals surface area contributed by atoms with E-state index >= 15 is 0 Å². The maximum absolute atomic E-state index is 14.0. The Labute approximate surface area is 119 Å². The van der Waals surface area contributed by atoms with Crippen LogP contribution in [0.2, 0.25) is 0 Å². The molecule has 0 radical (unpaired) electrons. The molecule has 108 valence electrons. The Kier molecular flexibility index (Phi) is 6.83. The minimum atomic E-state index is -0.462. The summed E-state index contributed by atoms with van der Waals surface area (Å²) >= 11 is 1.40. The van der Waals surface area contributed by atoms with Crippen molar-refractivity contribution in [1.29, 1.82) is 0 Å². The van der Waals surface area contributed by atoms with Crippen molar-refractivity contribution in [2.24, 2.45) is 0 Å². The van der Waals surface area contributed by atoms with Gasteiger partial charge in [-0.25, -0.2) is 4.39 Å². The molecule has 19 heavy (non-hydrogen) atoms. The van der Waals surface area contributed by atoms with E-state index in [9.17, 15) is 9.50 Å². The van der Waals surface area contributed by atoms with Crippen molar-refractivity contribution in [2.45, 2.75) is 56.4 Å². The SMILES string of the molecule is CCCNC(C)c1cccc(F)c1SC(C)C(C)O. The third-order valence-corrected chi connectivity index (χ3v) is 4.58. The fraction of sp³-hybridized carbons (Fsp3) is 0.600. The molecule has 0 spiro atoms. The van der Waals surface area contributed by atoms with E-state index in [0.717, 1.165) is 18.5 Å². The van der Waals surface area contributed by atoms with E-state index in [0.29, 0.717) is 4.90 Å². The molecule has 4 heteroatoms. The molecule has 1 aromatic rings. The van der Waals surface area contributed by atoms with Gasteiger partial charge in [0, 0.05) is 16.2 Å². The highest BCUT2D eigenvalue weighted by molar-refractivity contribution is 8.00. The van der Waals surface area contributed by atoms with Crippen LogP contribution in [0.3, 0.4) is 0 Å². The molecule has 1 rings (SSSR count). The summed E-state index contributed by atoms with van der Waals surface area (Å²) in [6.07, 6.45) is 0.586. The fourth-order valence-corrected chi connectivity index (χ4v) is 2.88.